The minimum atomic E-state index is 0.373. The molecular formula is C10H17N3. The molecule has 0 aromatic carbocycles. The Balaban J connectivity index is 2.73. The summed E-state index contributed by atoms with van der Waals surface area (Å²) in [5, 5.41) is 8.16. The van der Waals surface area contributed by atoms with Crippen LogP contribution in [0.2, 0.25) is 0 Å². The fourth-order valence-corrected chi connectivity index (χ4v) is 1.36. The number of nitrogens with two attached hydrogens (primary N) is 1. The molecule has 13 heavy (non-hydrogen) atoms. The number of rotatable bonds is 4. The largest absolute Gasteiger partial charge is 0.330 e. The molecule has 0 aliphatic rings. The molecule has 1 atom stereocenters. The molecule has 0 bridgehead atoms. The van der Waals surface area contributed by atoms with Crippen LogP contribution in [0.3, 0.4) is 0 Å². The lowest BCUT2D eigenvalue weighted by Gasteiger charge is -2.11. The minimum Gasteiger partial charge on any atom is -0.330 e. The highest BCUT2D eigenvalue weighted by Crippen LogP contribution is 2.16. The quantitative estimate of drug-likeness (QED) is 0.764. The highest BCUT2D eigenvalue weighted by molar-refractivity contribution is 5.10. The van der Waals surface area contributed by atoms with Gasteiger partial charge in [0.25, 0.3) is 0 Å². The van der Waals surface area contributed by atoms with E-state index < -0.39 is 0 Å². The summed E-state index contributed by atoms with van der Waals surface area (Å²) in [5.74, 6) is 0.373. The van der Waals surface area contributed by atoms with E-state index in [1.807, 2.05) is 19.1 Å². The molecule has 1 aromatic heterocycles. The molecule has 0 aliphatic heterocycles. The highest BCUT2D eigenvalue weighted by Gasteiger charge is 2.09. The third-order valence-electron chi connectivity index (χ3n) is 2.16. The second kappa shape index (κ2) is 4.92. The number of aryl methyl sites for hydroxylation is 1. The molecule has 1 heterocycles. The molecule has 2 N–H and O–H groups in total. The lowest BCUT2D eigenvalue weighted by molar-refractivity contribution is 0.597. The van der Waals surface area contributed by atoms with Crippen LogP contribution in [0.1, 0.15) is 37.1 Å². The summed E-state index contributed by atoms with van der Waals surface area (Å²) in [5.41, 5.74) is 7.64. The fraction of sp³-hybridized carbons (Fsp3) is 0.600. The van der Waals surface area contributed by atoms with Gasteiger partial charge in [0, 0.05) is 12.5 Å². The molecular weight excluding hydrogens is 162 g/mol. The highest BCUT2D eigenvalue weighted by atomic mass is 15.1. The Labute approximate surface area is 79.4 Å². The summed E-state index contributed by atoms with van der Waals surface area (Å²) in [6, 6.07) is 4.01. The molecule has 0 unspecified atom stereocenters. The maximum absolute atomic E-state index is 5.66. The van der Waals surface area contributed by atoms with Gasteiger partial charge in [-0.05, 0) is 25.5 Å². The van der Waals surface area contributed by atoms with E-state index in [1.165, 1.54) is 0 Å². The monoisotopic (exact) mass is 179 g/mol. The van der Waals surface area contributed by atoms with Crippen LogP contribution in [-0.4, -0.2) is 16.7 Å². The standard InChI is InChI=1S/C10H17N3/c1-3-4-9(7-11)10-6-5-8(2)12-13-10/h5-6,9H,3-4,7,11H2,1-2H3/t9-/m0/s1. The van der Waals surface area contributed by atoms with Gasteiger partial charge in [-0.1, -0.05) is 13.3 Å². The third-order valence-corrected chi connectivity index (χ3v) is 2.16. The Bertz CT molecular complexity index is 243. The van der Waals surface area contributed by atoms with E-state index in [0.29, 0.717) is 12.5 Å². The van der Waals surface area contributed by atoms with Gasteiger partial charge in [-0.3, -0.25) is 0 Å². The Hall–Kier alpha value is -0.960. The lowest BCUT2D eigenvalue weighted by Crippen LogP contribution is -2.14. The second-order valence-corrected chi connectivity index (χ2v) is 3.32. The molecule has 72 valence electrons. The van der Waals surface area contributed by atoms with Gasteiger partial charge in [-0.15, -0.1) is 0 Å². The van der Waals surface area contributed by atoms with E-state index in [4.69, 9.17) is 5.73 Å². The SMILES string of the molecule is CCC[C@@H](CN)c1ccc(C)nn1. The van der Waals surface area contributed by atoms with Crippen LogP contribution in [0, 0.1) is 6.92 Å². The van der Waals surface area contributed by atoms with Crippen molar-refractivity contribution < 1.29 is 0 Å². The van der Waals surface area contributed by atoms with Gasteiger partial charge >= 0.3 is 0 Å². The van der Waals surface area contributed by atoms with E-state index in [-0.39, 0.29) is 0 Å². The van der Waals surface area contributed by atoms with Crippen molar-refractivity contribution in [1.82, 2.24) is 10.2 Å². The average Bonchev–Trinajstić information content (AvgIpc) is 2.16. The normalized spacial score (nSPS) is 12.8. The summed E-state index contributed by atoms with van der Waals surface area (Å²) in [6.45, 7) is 4.75. The molecule has 0 spiro atoms. The second-order valence-electron chi connectivity index (χ2n) is 3.32. The van der Waals surface area contributed by atoms with Gasteiger partial charge in [0.15, 0.2) is 0 Å². The van der Waals surface area contributed by atoms with Crippen LogP contribution in [0.4, 0.5) is 0 Å². The Morgan fingerprint density at radius 1 is 1.38 bits per heavy atom. The maximum atomic E-state index is 5.66. The lowest BCUT2D eigenvalue weighted by atomic mass is 10.00. The molecule has 1 rings (SSSR count). The zero-order valence-electron chi connectivity index (χ0n) is 8.33. The van der Waals surface area contributed by atoms with E-state index in [2.05, 4.69) is 17.1 Å². The van der Waals surface area contributed by atoms with Crippen molar-refractivity contribution in [2.75, 3.05) is 6.54 Å². The minimum absolute atomic E-state index is 0.373. The summed E-state index contributed by atoms with van der Waals surface area (Å²) in [7, 11) is 0. The fourth-order valence-electron chi connectivity index (χ4n) is 1.36. The molecule has 3 nitrogen and oxygen atoms in total. The zero-order valence-corrected chi connectivity index (χ0v) is 8.33. The molecule has 1 aromatic rings. The van der Waals surface area contributed by atoms with E-state index in [1.54, 1.807) is 0 Å². The average molecular weight is 179 g/mol. The molecule has 0 radical (unpaired) electrons. The van der Waals surface area contributed by atoms with Crippen molar-refractivity contribution in [3.8, 4) is 0 Å². The van der Waals surface area contributed by atoms with Crippen LogP contribution in [-0.2, 0) is 0 Å². The smallest absolute Gasteiger partial charge is 0.0674 e. The first-order chi connectivity index (χ1) is 6.27. The van der Waals surface area contributed by atoms with E-state index in [9.17, 15) is 0 Å². The molecule has 0 aliphatic carbocycles. The van der Waals surface area contributed by atoms with Gasteiger partial charge in [0.1, 0.15) is 0 Å². The van der Waals surface area contributed by atoms with Gasteiger partial charge in [-0.25, -0.2) is 0 Å². The molecule has 0 saturated carbocycles. The van der Waals surface area contributed by atoms with Crippen LogP contribution >= 0.6 is 0 Å². The summed E-state index contributed by atoms with van der Waals surface area (Å²) in [6.07, 6.45) is 2.23. The van der Waals surface area contributed by atoms with Crippen molar-refractivity contribution in [1.29, 1.82) is 0 Å². The molecule has 0 amide bonds. The number of nitrogens with zero attached hydrogens (tertiary/aromatic N) is 2. The van der Waals surface area contributed by atoms with Crippen molar-refractivity contribution in [2.45, 2.75) is 32.6 Å². The number of aromatic nitrogens is 2. The Morgan fingerprint density at radius 2 is 2.15 bits per heavy atom. The first-order valence-corrected chi connectivity index (χ1v) is 4.78. The Kier molecular flexibility index (Phi) is 3.83. The summed E-state index contributed by atoms with van der Waals surface area (Å²) in [4.78, 5) is 0. The predicted molar refractivity (Wildman–Crippen MR) is 53.5 cm³/mol. The summed E-state index contributed by atoms with van der Waals surface area (Å²) < 4.78 is 0. The van der Waals surface area contributed by atoms with Crippen LogP contribution in [0.15, 0.2) is 12.1 Å². The van der Waals surface area contributed by atoms with E-state index in [0.717, 1.165) is 24.2 Å². The topological polar surface area (TPSA) is 51.8 Å². The number of hydrogen-bond donors (Lipinski definition) is 1. The van der Waals surface area contributed by atoms with Gasteiger partial charge in [0.05, 0.1) is 11.4 Å². The maximum Gasteiger partial charge on any atom is 0.0674 e. The first-order valence-electron chi connectivity index (χ1n) is 4.78. The molecule has 0 saturated heterocycles. The van der Waals surface area contributed by atoms with Gasteiger partial charge in [0.2, 0.25) is 0 Å². The van der Waals surface area contributed by atoms with E-state index >= 15 is 0 Å². The summed E-state index contributed by atoms with van der Waals surface area (Å²) >= 11 is 0. The molecule has 3 heteroatoms. The van der Waals surface area contributed by atoms with Crippen molar-refractivity contribution in [3.63, 3.8) is 0 Å². The predicted octanol–water partition coefficient (Wildman–Crippen LogP) is 1.63. The third kappa shape index (κ3) is 2.77. The van der Waals surface area contributed by atoms with Crippen LogP contribution < -0.4 is 5.73 Å². The van der Waals surface area contributed by atoms with Crippen LogP contribution in [0.5, 0.6) is 0 Å². The molecule has 0 fully saturated rings. The zero-order chi connectivity index (χ0) is 9.68. The van der Waals surface area contributed by atoms with Gasteiger partial charge < -0.3 is 5.73 Å². The first kappa shape index (κ1) is 10.1. The van der Waals surface area contributed by atoms with Crippen molar-refractivity contribution >= 4 is 0 Å². The van der Waals surface area contributed by atoms with Crippen molar-refractivity contribution in [3.05, 3.63) is 23.5 Å². The number of hydrogen-bond acceptors (Lipinski definition) is 3. The van der Waals surface area contributed by atoms with Crippen molar-refractivity contribution in [2.24, 2.45) is 5.73 Å². The van der Waals surface area contributed by atoms with Crippen LogP contribution in [0.25, 0.3) is 0 Å². The Morgan fingerprint density at radius 3 is 2.62 bits per heavy atom. The van der Waals surface area contributed by atoms with Gasteiger partial charge in [-0.2, -0.15) is 10.2 Å².